The van der Waals surface area contributed by atoms with Gasteiger partial charge in [-0.2, -0.15) is 0 Å². The lowest BCUT2D eigenvalue weighted by Crippen LogP contribution is -2.45. The molecule has 0 aromatic rings. The van der Waals surface area contributed by atoms with Gasteiger partial charge in [0, 0.05) is 65.2 Å². The molecule has 0 aromatic heterocycles. The molecule has 1 rings (SSSR count). The van der Waals surface area contributed by atoms with Crippen LogP contribution in [0.3, 0.4) is 0 Å². The molecule has 3 N–H and O–H groups in total. The Balaban J connectivity index is 2.23. The SMILES string of the molecule is CC/C=C\C/C=C\C/C=C\C/C=C\C/C=C\C/C=C\CCC(=O)NCCN(CCCN1CCNCC1)CCNC(=O)CC/C=C\C/C=C\C/C=C\C/C=C\C/C=C\C/C=C\CC. The van der Waals surface area contributed by atoms with Gasteiger partial charge < -0.3 is 20.9 Å². The minimum Gasteiger partial charge on any atom is -0.355 e. The second kappa shape index (κ2) is 46.2. The second-order valence-electron chi connectivity index (χ2n) is 15.4. The van der Waals surface area contributed by atoms with Crippen molar-refractivity contribution in [3.63, 3.8) is 0 Å². The second-order valence-corrected chi connectivity index (χ2v) is 15.4. The fourth-order valence-corrected chi connectivity index (χ4v) is 6.38. The van der Waals surface area contributed by atoms with Gasteiger partial charge in [0.1, 0.15) is 0 Å². The lowest BCUT2D eigenvalue weighted by atomic mass is 10.2. The smallest absolute Gasteiger partial charge is 0.220 e. The summed E-state index contributed by atoms with van der Waals surface area (Å²) in [4.78, 5) is 30.0. The van der Waals surface area contributed by atoms with Crippen LogP contribution in [0.25, 0.3) is 0 Å². The van der Waals surface area contributed by atoms with E-state index in [2.05, 4.69) is 185 Å². The van der Waals surface area contributed by atoms with Gasteiger partial charge in [0.15, 0.2) is 0 Å². The van der Waals surface area contributed by atoms with Crippen molar-refractivity contribution in [2.24, 2.45) is 0 Å². The average molecular weight is 850 g/mol. The van der Waals surface area contributed by atoms with Crippen LogP contribution in [0.15, 0.2) is 146 Å². The van der Waals surface area contributed by atoms with Gasteiger partial charge in [0.05, 0.1) is 0 Å². The van der Waals surface area contributed by atoms with Gasteiger partial charge in [-0.15, -0.1) is 0 Å². The fourth-order valence-electron chi connectivity index (χ4n) is 6.38. The van der Waals surface area contributed by atoms with E-state index in [4.69, 9.17) is 0 Å². The molecule has 344 valence electrons. The summed E-state index contributed by atoms with van der Waals surface area (Å²) in [5.41, 5.74) is 0. The Bertz CT molecular complexity index is 1340. The molecule has 0 aromatic carbocycles. The topological polar surface area (TPSA) is 76.7 Å². The lowest BCUT2D eigenvalue weighted by molar-refractivity contribution is -0.121. The number of hydrogen-bond donors (Lipinski definition) is 3. The van der Waals surface area contributed by atoms with Crippen LogP contribution < -0.4 is 16.0 Å². The van der Waals surface area contributed by atoms with Crippen molar-refractivity contribution >= 4 is 11.8 Å². The van der Waals surface area contributed by atoms with Crippen molar-refractivity contribution in [2.75, 3.05) is 65.4 Å². The van der Waals surface area contributed by atoms with E-state index in [9.17, 15) is 9.59 Å². The zero-order valence-electron chi connectivity index (χ0n) is 39.2. The standard InChI is InChI=1S/C55H87N5O2/c1-3-5-7-9-11-13-15-17-19-21-23-25-27-29-31-33-35-37-39-42-54(61)57-46-52-60(49-41-48-59-50-44-56-45-51-59)53-47-58-55(62)43-40-38-36-34-32-30-28-26-24-22-20-18-16-14-12-10-8-6-4-2/h5-8,11-14,17-20,23-26,29-32,35-38,56H,3-4,9-10,15-16,21-22,27-28,33-34,39-53H2,1-2H3,(H,57,61)(H,58,62)/b7-5-,8-6-,13-11-,14-12-,19-17-,20-18-,25-23-,26-24-,31-29-,32-30-,37-35-,38-36-. The van der Waals surface area contributed by atoms with E-state index in [0.29, 0.717) is 25.9 Å². The number of rotatable bonds is 38. The Morgan fingerprint density at radius 3 is 1.08 bits per heavy atom. The number of carbonyl (C=O) groups excluding carboxylic acids is 2. The van der Waals surface area contributed by atoms with Gasteiger partial charge in [0.2, 0.25) is 11.8 Å². The van der Waals surface area contributed by atoms with Gasteiger partial charge >= 0.3 is 0 Å². The van der Waals surface area contributed by atoms with Crippen LogP contribution in [0.1, 0.15) is 123 Å². The summed E-state index contributed by atoms with van der Waals surface area (Å²) >= 11 is 0. The van der Waals surface area contributed by atoms with E-state index < -0.39 is 0 Å². The molecule has 7 heteroatoms. The molecule has 2 amide bonds. The largest absolute Gasteiger partial charge is 0.355 e. The van der Waals surface area contributed by atoms with Gasteiger partial charge in [-0.25, -0.2) is 0 Å². The minimum atomic E-state index is 0.0907. The molecule has 1 fully saturated rings. The molecular weight excluding hydrogens is 763 g/mol. The van der Waals surface area contributed by atoms with Crippen LogP contribution in [0, 0.1) is 0 Å². The summed E-state index contributed by atoms with van der Waals surface area (Å²) in [5, 5.41) is 9.65. The Kier molecular flexibility index (Phi) is 41.5. The summed E-state index contributed by atoms with van der Waals surface area (Å²) in [6.45, 7) is 13.4. The number of carbonyl (C=O) groups is 2. The van der Waals surface area contributed by atoms with Crippen LogP contribution in [-0.4, -0.2) is 87.1 Å². The number of hydrogen-bond acceptors (Lipinski definition) is 5. The molecule has 0 spiro atoms. The highest BCUT2D eigenvalue weighted by Crippen LogP contribution is 2.02. The minimum absolute atomic E-state index is 0.0907. The summed E-state index contributed by atoms with van der Waals surface area (Å²) in [5.74, 6) is 0.181. The molecule has 7 nitrogen and oxygen atoms in total. The van der Waals surface area contributed by atoms with Gasteiger partial charge in [-0.1, -0.05) is 160 Å². The van der Waals surface area contributed by atoms with Crippen molar-refractivity contribution in [3.05, 3.63) is 146 Å². The monoisotopic (exact) mass is 850 g/mol. The molecule has 62 heavy (non-hydrogen) atoms. The maximum absolute atomic E-state index is 12.6. The molecule has 0 atom stereocenters. The maximum Gasteiger partial charge on any atom is 0.220 e. The number of allylic oxidation sites excluding steroid dienone is 24. The highest BCUT2D eigenvalue weighted by Gasteiger charge is 2.11. The normalized spacial score (nSPS) is 14.9. The molecule has 1 aliphatic heterocycles. The van der Waals surface area contributed by atoms with E-state index >= 15 is 0 Å². The van der Waals surface area contributed by atoms with Crippen molar-refractivity contribution < 1.29 is 9.59 Å². The summed E-state index contributed by atoms with van der Waals surface area (Å²) < 4.78 is 0. The summed E-state index contributed by atoms with van der Waals surface area (Å²) in [6.07, 6.45) is 68.1. The van der Waals surface area contributed by atoms with E-state index in [1.807, 2.05) is 0 Å². The molecule has 1 aliphatic rings. The van der Waals surface area contributed by atoms with Crippen molar-refractivity contribution in [2.45, 2.75) is 123 Å². The van der Waals surface area contributed by atoms with Gasteiger partial charge in [-0.05, 0) is 109 Å². The molecule has 0 unspecified atom stereocenters. The third-order valence-electron chi connectivity index (χ3n) is 9.93. The molecule has 0 aliphatic carbocycles. The Morgan fingerprint density at radius 1 is 0.452 bits per heavy atom. The molecular formula is C55H87N5O2. The van der Waals surface area contributed by atoms with Crippen LogP contribution >= 0.6 is 0 Å². The summed E-state index contributed by atoms with van der Waals surface area (Å²) in [6, 6.07) is 0. The maximum atomic E-state index is 12.6. The van der Waals surface area contributed by atoms with Crippen LogP contribution in [0.5, 0.6) is 0 Å². The van der Waals surface area contributed by atoms with E-state index in [0.717, 1.165) is 149 Å². The molecule has 0 saturated carbocycles. The quantitative estimate of drug-likeness (QED) is 0.0540. The van der Waals surface area contributed by atoms with E-state index in [1.54, 1.807) is 0 Å². The Hall–Kier alpha value is -4.30. The lowest BCUT2D eigenvalue weighted by Gasteiger charge is -2.29. The number of nitrogens with one attached hydrogen (secondary N) is 3. The first-order valence-electron chi connectivity index (χ1n) is 24.1. The first kappa shape index (κ1) is 55.7. The number of piperazine rings is 1. The van der Waals surface area contributed by atoms with Crippen LogP contribution in [0.2, 0.25) is 0 Å². The predicted octanol–water partition coefficient (Wildman–Crippen LogP) is 11.8. The fraction of sp³-hybridized carbons (Fsp3) is 0.527. The molecule has 0 bridgehead atoms. The Labute approximate surface area is 380 Å². The first-order chi connectivity index (χ1) is 30.7. The van der Waals surface area contributed by atoms with Crippen molar-refractivity contribution in [3.8, 4) is 0 Å². The summed E-state index contributed by atoms with van der Waals surface area (Å²) in [7, 11) is 0. The molecule has 1 saturated heterocycles. The Morgan fingerprint density at radius 2 is 0.758 bits per heavy atom. The van der Waals surface area contributed by atoms with E-state index in [1.165, 1.54) is 0 Å². The van der Waals surface area contributed by atoms with Crippen LogP contribution in [-0.2, 0) is 9.59 Å². The number of amides is 2. The van der Waals surface area contributed by atoms with Gasteiger partial charge in [0.25, 0.3) is 0 Å². The van der Waals surface area contributed by atoms with E-state index in [-0.39, 0.29) is 11.8 Å². The van der Waals surface area contributed by atoms with Gasteiger partial charge in [-0.3, -0.25) is 14.5 Å². The van der Waals surface area contributed by atoms with Crippen molar-refractivity contribution in [1.82, 2.24) is 25.8 Å². The zero-order valence-corrected chi connectivity index (χ0v) is 39.2. The third-order valence-corrected chi connectivity index (χ3v) is 9.93. The number of nitrogens with zero attached hydrogens (tertiary/aromatic N) is 2. The van der Waals surface area contributed by atoms with Crippen molar-refractivity contribution in [1.29, 1.82) is 0 Å². The third kappa shape index (κ3) is 41.1. The molecule has 0 radical (unpaired) electrons. The average Bonchev–Trinajstić information content (AvgIpc) is 3.28. The highest BCUT2D eigenvalue weighted by atomic mass is 16.2. The molecule has 1 heterocycles. The van der Waals surface area contributed by atoms with Crippen LogP contribution in [0.4, 0.5) is 0 Å². The zero-order chi connectivity index (χ0) is 44.5. The first-order valence-corrected chi connectivity index (χ1v) is 24.1. The predicted molar refractivity (Wildman–Crippen MR) is 271 cm³/mol. The highest BCUT2D eigenvalue weighted by molar-refractivity contribution is 5.76.